The molecule has 0 radical (unpaired) electrons. The minimum Gasteiger partial charge on any atom is -0.493 e. The quantitative estimate of drug-likeness (QED) is 0.384. The summed E-state index contributed by atoms with van der Waals surface area (Å²) in [4.78, 5) is 30.1. The van der Waals surface area contributed by atoms with E-state index in [-0.39, 0.29) is 18.1 Å². The third-order valence-electron chi connectivity index (χ3n) is 5.33. The minimum atomic E-state index is -0.477. The Morgan fingerprint density at radius 3 is 2.37 bits per heavy atom. The molecule has 35 heavy (non-hydrogen) atoms. The molecule has 2 amide bonds. The van der Waals surface area contributed by atoms with E-state index in [4.69, 9.17) is 14.2 Å². The lowest BCUT2D eigenvalue weighted by Crippen LogP contribution is -2.33. The average Bonchev–Trinajstić information content (AvgIpc) is 3.42. The summed E-state index contributed by atoms with van der Waals surface area (Å²) >= 11 is 1.43. The number of amides is 2. The van der Waals surface area contributed by atoms with Gasteiger partial charge in [-0.15, -0.1) is 16.4 Å². The van der Waals surface area contributed by atoms with Gasteiger partial charge in [0.1, 0.15) is 0 Å². The number of carbonyl (C=O) groups is 2. The molecule has 0 spiro atoms. The highest BCUT2D eigenvalue weighted by Gasteiger charge is 2.18. The van der Waals surface area contributed by atoms with E-state index in [0.717, 1.165) is 16.8 Å². The van der Waals surface area contributed by atoms with E-state index in [2.05, 4.69) is 26.8 Å². The summed E-state index contributed by atoms with van der Waals surface area (Å²) < 4.78 is 17.5. The van der Waals surface area contributed by atoms with E-state index in [0.29, 0.717) is 22.2 Å². The van der Waals surface area contributed by atoms with Crippen molar-refractivity contribution in [3.63, 3.8) is 0 Å². The highest BCUT2D eigenvalue weighted by molar-refractivity contribution is 7.15. The van der Waals surface area contributed by atoms with Crippen molar-refractivity contribution in [1.82, 2.24) is 19.9 Å². The number of thiazole rings is 1. The Balaban J connectivity index is 1.44. The van der Waals surface area contributed by atoms with Crippen LogP contribution in [0.4, 0.5) is 5.95 Å². The highest BCUT2D eigenvalue weighted by atomic mass is 32.1. The fourth-order valence-electron chi connectivity index (χ4n) is 3.66. The van der Waals surface area contributed by atoms with E-state index < -0.39 is 11.8 Å². The number of ether oxygens (including phenoxy) is 3. The second kappa shape index (κ2) is 10.0. The first kappa shape index (κ1) is 24.0. The van der Waals surface area contributed by atoms with Crippen LogP contribution in [-0.2, 0) is 4.79 Å². The molecule has 0 aliphatic carbocycles. The van der Waals surface area contributed by atoms with Gasteiger partial charge >= 0.3 is 0 Å². The molecule has 0 bridgehead atoms. The molecule has 0 saturated carbocycles. The summed E-state index contributed by atoms with van der Waals surface area (Å²) in [7, 11) is 4.39. The zero-order valence-electron chi connectivity index (χ0n) is 20.0. The number of hydrogen-bond donors (Lipinski definition) is 2. The maximum atomic E-state index is 12.6. The number of rotatable bonds is 8. The van der Waals surface area contributed by atoms with Gasteiger partial charge in [0.2, 0.25) is 16.6 Å². The molecule has 11 heteroatoms. The Hall–Kier alpha value is -4.12. The molecule has 0 fully saturated rings. The second-order valence-electron chi connectivity index (χ2n) is 7.71. The first-order chi connectivity index (χ1) is 16.8. The summed E-state index contributed by atoms with van der Waals surface area (Å²) in [5.41, 5.74) is 4.50. The van der Waals surface area contributed by atoms with Crippen molar-refractivity contribution < 1.29 is 23.8 Å². The van der Waals surface area contributed by atoms with E-state index in [1.54, 1.807) is 4.52 Å². The molecule has 0 atom stereocenters. The Kier molecular flexibility index (Phi) is 6.87. The SMILES string of the molecule is COc1cc(C(=O)NCC(=O)Nc2nc3scc(-c4ccc(C)cc4C)n3n2)cc(OC)c1OC. The van der Waals surface area contributed by atoms with Crippen molar-refractivity contribution in [1.29, 1.82) is 0 Å². The Labute approximate surface area is 205 Å². The van der Waals surface area contributed by atoms with Crippen molar-refractivity contribution in [3.05, 3.63) is 52.4 Å². The van der Waals surface area contributed by atoms with E-state index >= 15 is 0 Å². The third kappa shape index (κ3) is 4.90. The number of aryl methyl sites for hydroxylation is 2. The summed E-state index contributed by atoms with van der Waals surface area (Å²) in [5, 5.41) is 11.6. The predicted octanol–water partition coefficient (Wildman–Crippen LogP) is 3.47. The minimum absolute atomic E-state index is 0.162. The Morgan fingerprint density at radius 1 is 1.03 bits per heavy atom. The van der Waals surface area contributed by atoms with Crippen molar-refractivity contribution in [3.8, 4) is 28.5 Å². The first-order valence-electron chi connectivity index (χ1n) is 10.6. The van der Waals surface area contributed by atoms with Crippen LogP contribution in [0.5, 0.6) is 17.2 Å². The van der Waals surface area contributed by atoms with Crippen LogP contribution in [0.25, 0.3) is 16.2 Å². The molecule has 0 aliphatic heterocycles. The largest absolute Gasteiger partial charge is 0.493 e. The van der Waals surface area contributed by atoms with Gasteiger partial charge in [-0.3, -0.25) is 14.9 Å². The fraction of sp³-hybridized carbons (Fsp3) is 0.250. The molecule has 2 N–H and O–H groups in total. The van der Waals surface area contributed by atoms with Crippen LogP contribution >= 0.6 is 11.3 Å². The van der Waals surface area contributed by atoms with Crippen LogP contribution in [0.1, 0.15) is 21.5 Å². The number of benzene rings is 2. The van der Waals surface area contributed by atoms with Crippen LogP contribution in [0.15, 0.2) is 35.7 Å². The standard InChI is InChI=1S/C24H25N5O5S/c1-13-6-7-16(14(2)8-13)17-12-35-24-27-23(28-29(17)24)26-20(30)11-25-22(31)15-9-18(32-3)21(34-5)19(10-15)33-4/h6-10,12H,11H2,1-5H3,(H,25,31)(H,26,28,30). The van der Waals surface area contributed by atoms with Crippen molar-refractivity contribution >= 4 is 34.1 Å². The molecule has 2 heterocycles. The number of anilines is 1. The summed E-state index contributed by atoms with van der Waals surface area (Å²) in [5.74, 6) is 0.268. The number of methoxy groups -OCH3 is 3. The molecule has 4 rings (SSSR count). The molecule has 2 aromatic carbocycles. The zero-order chi connectivity index (χ0) is 25.1. The van der Waals surface area contributed by atoms with Gasteiger partial charge in [-0.25, -0.2) is 4.52 Å². The summed E-state index contributed by atoms with van der Waals surface area (Å²) in [6.45, 7) is 3.82. The Bertz CT molecular complexity index is 1390. The lowest BCUT2D eigenvalue weighted by molar-refractivity contribution is -0.115. The van der Waals surface area contributed by atoms with Crippen LogP contribution in [0.2, 0.25) is 0 Å². The molecule has 4 aromatic rings. The number of carbonyl (C=O) groups excluding carboxylic acids is 2. The molecular weight excluding hydrogens is 470 g/mol. The molecule has 0 saturated heterocycles. The van der Waals surface area contributed by atoms with Crippen LogP contribution in [0, 0.1) is 13.8 Å². The van der Waals surface area contributed by atoms with Gasteiger partial charge in [-0.05, 0) is 31.5 Å². The van der Waals surface area contributed by atoms with Crippen LogP contribution < -0.4 is 24.8 Å². The monoisotopic (exact) mass is 495 g/mol. The van der Waals surface area contributed by atoms with Gasteiger partial charge in [0.15, 0.2) is 11.5 Å². The van der Waals surface area contributed by atoms with Gasteiger partial charge in [-0.1, -0.05) is 23.8 Å². The lowest BCUT2D eigenvalue weighted by atomic mass is 10.0. The molecule has 0 aliphatic rings. The number of fused-ring (bicyclic) bond motifs is 1. The zero-order valence-corrected chi connectivity index (χ0v) is 20.8. The molecular formula is C24H25N5O5S. The fourth-order valence-corrected chi connectivity index (χ4v) is 4.49. The second-order valence-corrected chi connectivity index (χ2v) is 8.55. The molecule has 0 unspecified atom stereocenters. The molecule has 10 nitrogen and oxygen atoms in total. The normalized spacial score (nSPS) is 10.8. The van der Waals surface area contributed by atoms with Crippen LogP contribution in [0.3, 0.4) is 0 Å². The number of hydrogen-bond acceptors (Lipinski definition) is 8. The molecule has 182 valence electrons. The summed E-state index contributed by atoms with van der Waals surface area (Å²) in [6.07, 6.45) is 0. The third-order valence-corrected chi connectivity index (χ3v) is 6.14. The van der Waals surface area contributed by atoms with Crippen LogP contribution in [-0.4, -0.2) is 54.3 Å². The van der Waals surface area contributed by atoms with E-state index in [9.17, 15) is 9.59 Å². The maximum Gasteiger partial charge on any atom is 0.251 e. The van der Waals surface area contributed by atoms with Gasteiger partial charge in [0.25, 0.3) is 11.9 Å². The lowest BCUT2D eigenvalue weighted by Gasteiger charge is -2.14. The highest BCUT2D eigenvalue weighted by Crippen LogP contribution is 2.38. The van der Waals surface area contributed by atoms with Gasteiger partial charge in [0, 0.05) is 16.5 Å². The number of aromatic nitrogens is 3. The van der Waals surface area contributed by atoms with Gasteiger partial charge in [0.05, 0.1) is 33.6 Å². The maximum absolute atomic E-state index is 12.6. The van der Waals surface area contributed by atoms with Gasteiger partial charge in [-0.2, -0.15) is 4.98 Å². The van der Waals surface area contributed by atoms with Gasteiger partial charge < -0.3 is 19.5 Å². The van der Waals surface area contributed by atoms with Crippen molar-refractivity contribution in [2.45, 2.75) is 13.8 Å². The van der Waals surface area contributed by atoms with Crippen molar-refractivity contribution in [2.75, 3.05) is 33.2 Å². The average molecular weight is 496 g/mol. The van der Waals surface area contributed by atoms with Crippen molar-refractivity contribution in [2.24, 2.45) is 0 Å². The van der Waals surface area contributed by atoms with E-state index in [1.807, 2.05) is 31.4 Å². The topological polar surface area (TPSA) is 116 Å². The molecule has 2 aromatic heterocycles. The van der Waals surface area contributed by atoms with E-state index in [1.165, 1.54) is 50.4 Å². The number of nitrogens with one attached hydrogen (secondary N) is 2. The predicted molar refractivity (Wildman–Crippen MR) is 133 cm³/mol. The number of nitrogens with zero attached hydrogens (tertiary/aromatic N) is 3. The Morgan fingerprint density at radius 2 is 1.74 bits per heavy atom. The first-order valence-corrected chi connectivity index (χ1v) is 11.5. The summed E-state index contributed by atoms with van der Waals surface area (Å²) in [6, 6.07) is 9.21. The smallest absolute Gasteiger partial charge is 0.251 e.